The van der Waals surface area contributed by atoms with Crippen LogP contribution in [0, 0.1) is 5.92 Å². The molecule has 2 amide bonds. The predicted molar refractivity (Wildman–Crippen MR) is 87.0 cm³/mol. The van der Waals surface area contributed by atoms with E-state index in [2.05, 4.69) is 0 Å². The molecule has 1 unspecified atom stereocenters. The molecule has 0 bridgehead atoms. The summed E-state index contributed by atoms with van der Waals surface area (Å²) in [4.78, 5) is 28.2. The van der Waals surface area contributed by atoms with E-state index in [1.807, 2.05) is 34.1 Å². The van der Waals surface area contributed by atoms with Gasteiger partial charge >= 0.3 is 0 Å². The molecule has 0 radical (unpaired) electrons. The van der Waals surface area contributed by atoms with Gasteiger partial charge in [0, 0.05) is 33.0 Å². The van der Waals surface area contributed by atoms with Crippen molar-refractivity contribution in [2.45, 2.75) is 32.2 Å². The Labute approximate surface area is 137 Å². The number of hydrogen-bond acceptors (Lipinski definition) is 3. The van der Waals surface area contributed by atoms with Crippen LogP contribution >= 0.6 is 0 Å². The van der Waals surface area contributed by atoms with Crippen molar-refractivity contribution in [3.8, 4) is 5.75 Å². The van der Waals surface area contributed by atoms with Crippen LogP contribution in [-0.4, -0.2) is 48.4 Å². The molecular formula is C18H24N2O3. The molecule has 124 valence electrons. The molecule has 0 N–H and O–H groups in total. The average Bonchev–Trinajstić information content (AvgIpc) is 3.38. The number of methoxy groups -OCH3 is 1. The molecule has 2 fully saturated rings. The van der Waals surface area contributed by atoms with Gasteiger partial charge in [-0.15, -0.1) is 0 Å². The third-order valence-corrected chi connectivity index (χ3v) is 4.81. The molecule has 1 heterocycles. The van der Waals surface area contributed by atoms with Gasteiger partial charge in [0.2, 0.25) is 11.8 Å². The van der Waals surface area contributed by atoms with E-state index >= 15 is 0 Å². The van der Waals surface area contributed by atoms with Gasteiger partial charge in [0.05, 0.1) is 13.2 Å². The minimum Gasteiger partial charge on any atom is -0.497 e. The van der Waals surface area contributed by atoms with E-state index in [1.54, 1.807) is 14.0 Å². The Bertz CT molecular complexity index is 580. The monoisotopic (exact) mass is 316 g/mol. The highest BCUT2D eigenvalue weighted by Gasteiger charge is 2.35. The third-order valence-electron chi connectivity index (χ3n) is 4.81. The highest BCUT2D eigenvalue weighted by molar-refractivity contribution is 5.78. The van der Waals surface area contributed by atoms with E-state index in [4.69, 9.17) is 4.74 Å². The fraction of sp³-hybridized carbons (Fsp3) is 0.556. The average molecular weight is 316 g/mol. The van der Waals surface area contributed by atoms with E-state index in [9.17, 15) is 9.59 Å². The molecule has 0 aromatic heterocycles. The molecule has 3 rings (SSSR count). The van der Waals surface area contributed by atoms with Crippen LogP contribution in [0.5, 0.6) is 5.75 Å². The zero-order valence-electron chi connectivity index (χ0n) is 13.8. The van der Waals surface area contributed by atoms with E-state index in [1.165, 1.54) is 12.8 Å². The van der Waals surface area contributed by atoms with Gasteiger partial charge in [-0.3, -0.25) is 9.59 Å². The van der Waals surface area contributed by atoms with Crippen LogP contribution in [0.15, 0.2) is 24.3 Å². The second kappa shape index (κ2) is 6.60. The standard InChI is InChI=1S/C18H24N2O3/c1-13(21)19-9-10-20(18(22)11-14-3-4-14)17(12-19)15-5-7-16(23-2)8-6-15/h5-8,14,17H,3-4,9-12H2,1-2H3. The van der Waals surface area contributed by atoms with Gasteiger partial charge in [-0.25, -0.2) is 0 Å². The first kappa shape index (κ1) is 15.8. The van der Waals surface area contributed by atoms with Gasteiger partial charge in [-0.2, -0.15) is 0 Å². The summed E-state index contributed by atoms with van der Waals surface area (Å²) in [6.45, 7) is 3.39. The Morgan fingerprint density at radius 3 is 2.43 bits per heavy atom. The van der Waals surface area contributed by atoms with Gasteiger partial charge < -0.3 is 14.5 Å². The van der Waals surface area contributed by atoms with Gasteiger partial charge in [0.1, 0.15) is 5.75 Å². The van der Waals surface area contributed by atoms with E-state index in [0.29, 0.717) is 32.0 Å². The lowest BCUT2D eigenvalue weighted by molar-refractivity contribution is -0.142. The summed E-state index contributed by atoms with van der Waals surface area (Å²) >= 11 is 0. The number of carbonyl (C=O) groups excluding carboxylic acids is 2. The normalized spacial score (nSPS) is 21.2. The van der Waals surface area contributed by atoms with Gasteiger partial charge in [0.25, 0.3) is 0 Å². The first-order chi connectivity index (χ1) is 11.1. The molecular weight excluding hydrogens is 292 g/mol. The van der Waals surface area contributed by atoms with E-state index < -0.39 is 0 Å². The smallest absolute Gasteiger partial charge is 0.223 e. The summed E-state index contributed by atoms with van der Waals surface area (Å²) in [5.41, 5.74) is 1.06. The summed E-state index contributed by atoms with van der Waals surface area (Å²) in [7, 11) is 1.64. The highest BCUT2D eigenvalue weighted by Crippen LogP contribution is 2.35. The Hall–Kier alpha value is -2.04. The number of amides is 2. The first-order valence-electron chi connectivity index (χ1n) is 8.27. The quantitative estimate of drug-likeness (QED) is 0.856. The van der Waals surface area contributed by atoms with Crippen LogP contribution in [0.3, 0.4) is 0 Å². The second-order valence-corrected chi connectivity index (χ2v) is 6.49. The van der Waals surface area contributed by atoms with Crippen LogP contribution in [0.4, 0.5) is 0 Å². The van der Waals surface area contributed by atoms with Crippen molar-refractivity contribution in [3.63, 3.8) is 0 Å². The largest absolute Gasteiger partial charge is 0.497 e. The minimum absolute atomic E-state index is 0.0650. The number of rotatable bonds is 4. The molecule has 5 nitrogen and oxygen atoms in total. The van der Waals surface area contributed by atoms with Crippen molar-refractivity contribution in [3.05, 3.63) is 29.8 Å². The van der Waals surface area contributed by atoms with Crippen LogP contribution in [0.2, 0.25) is 0 Å². The lowest BCUT2D eigenvalue weighted by Gasteiger charge is -2.41. The highest BCUT2D eigenvalue weighted by atomic mass is 16.5. The Balaban J connectivity index is 1.80. The zero-order chi connectivity index (χ0) is 16.4. The Morgan fingerprint density at radius 1 is 1.17 bits per heavy atom. The Morgan fingerprint density at radius 2 is 1.87 bits per heavy atom. The molecule has 1 atom stereocenters. The van der Waals surface area contributed by atoms with Crippen molar-refractivity contribution >= 4 is 11.8 Å². The van der Waals surface area contributed by atoms with E-state index in [0.717, 1.165) is 11.3 Å². The van der Waals surface area contributed by atoms with Crippen molar-refractivity contribution in [2.75, 3.05) is 26.7 Å². The SMILES string of the molecule is COc1ccc(C2CN(C(C)=O)CCN2C(=O)CC2CC2)cc1. The molecule has 1 saturated carbocycles. The van der Waals surface area contributed by atoms with Crippen molar-refractivity contribution in [1.82, 2.24) is 9.80 Å². The third kappa shape index (κ3) is 3.66. The predicted octanol–water partition coefficient (Wildman–Crippen LogP) is 2.23. The van der Waals surface area contributed by atoms with Crippen LogP contribution in [0.25, 0.3) is 0 Å². The number of hydrogen-bond donors (Lipinski definition) is 0. The molecule has 1 aliphatic heterocycles. The van der Waals surface area contributed by atoms with E-state index in [-0.39, 0.29) is 17.9 Å². The maximum atomic E-state index is 12.6. The van der Waals surface area contributed by atoms with Gasteiger partial charge in [-0.1, -0.05) is 12.1 Å². The molecule has 1 aliphatic carbocycles. The molecule has 5 heteroatoms. The number of piperazine rings is 1. The van der Waals surface area contributed by atoms with Crippen molar-refractivity contribution in [2.24, 2.45) is 5.92 Å². The summed E-state index contributed by atoms with van der Waals surface area (Å²) in [5, 5.41) is 0. The summed E-state index contributed by atoms with van der Waals surface area (Å²) < 4.78 is 5.21. The van der Waals surface area contributed by atoms with Crippen LogP contribution in [0.1, 0.15) is 37.8 Å². The lowest BCUT2D eigenvalue weighted by Crippen LogP contribution is -2.51. The topological polar surface area (TPSA) is 49.9 Å². The van der Waals surface area contributed by atoms with Crippen molar-refractivity contribution in [1.29, 1.82) is 0 Å². The fourth-order valence-electron chi connectivity index (χ4n) is 3.16. The molecule has 1 aromatic rings. The molecule has 1 aromatic carbocycles. The lowest BCUT2D eigenvalue weighted by atomic mass is 10.0. The maximum absolute atomic E-state index is 12.6. The summed E-state index contributed by atoms with van der Waals surface area (Å²) in [6, 6.07) is 7.73. The van der Waals surface area contributed by atoms with Crippen molar-refractivity contribution < 1.29 is 14.3 Å². The Kier molecular flexibility index (Phi) is 4.55. The number of carbonyl (C=O) groups is 2. The summed E-state index contributed by atoms with van der Waals surface area (Å²) in [5.74, 6) is 1.66. The first-order valence-corrected chi connectivity index (χ1v) is 8.27. The molecule has 1 saturated heterocycles. The fourth-order valence-corrected chi connectivity index (χ4v) is 3.16. The minimum atomic E-state index is -0.0650. The van der Waals surface area contributed by atoms with Gasteiger partial charge in [0.15, 0.2) is 0 Å². The maximum Gasteiger partial charge on any atom is 0.223 e. The van der Waals surface area contributed by atoms with Crippen LogP contribution < -0.4 is 4.74 Å². The molecule has 23 heavy (non-hydrogen) atoms. The number of ether oxygens (including phenoxy) is 1. The van der Waals surface area contributed by atoms with Crippen LogP contribution in [-0.2, 0) is 9.59 Å². The van der Waals surface area contributed by atoms with Gasteiger partial charge in [-0.05, 0) is 36.5 Å². The zero-order valence-corrected chi connectivity index (χ0v) is 13.8. The molecule has 2 aliphatic rings. The molecule has 0 spiro atoms. The second-order valence-electron chi connectivity index (χ2n) is 6.49. The number of benzene rings is 1. The number of nitrogens with zero attached hydrogens (tertiary/aromatic N) is 2. The summed E-state index contributed by atoms with van der Waals surface area (Å²) in [6.07, 6.45) is 2.99.